The Kier molecular flexibility index (Phi) is 4.09. The van der Waals surface area contributed by atoms with E-state index < -0.39 is 0 Å². The van der Waals surface area contributed by atoms with Crippen LogP contribution in [-0.4, -0.2) is 17.7 Å². The van der Waals surface area contributed by atoms with Crippen LogP contribution in [0.2, 0.25) is 0 Å². The lowest BCUT2D eigenvalue weighted by Gasteiger charge is -2.19. The van der Waals surface area contributed by atoms with E-state index in [-0.39, 0.29) is 29.6 Å². The maximum atomic E-state index is 13.1. The first-order valence-electron chi connectivity index (χ1n) is 10.3. The van der Waals surface area contributed by atoms with Crippen LogP contribution in [0.1, 0.15) is 40.7 Å². The zero-order chi connectivity index (χ0) is 20.3. The molecule has 3 amide bonds. The van der Waals surface area contributed by atoms with Gasteiger partial charge >= 0.3 is 0 Å². The molecule has 5 rings (SSSR count). The van der Waals surface area contributed by atoms with Crippen molar-refractivity contribution in [1.29, 1.82) is 0 Å². The fourth-order valence-corrected chi connectivity index (χ4v) is 5.65. The molecule has 2 aromatic rings. The van der Waals surface area contributed by atoms with Crippen molar-refractivity contribution in [3.63, 3.8) is 0 Å². The predicted molar refractivity (Wildman–Crippen MR) is 111 cm³/mol. The third-order valence-electron chi connectivity index (χ3n) is 7.01. The number of amides is 3. The summed E-state index contributed by atoms with van der Waals surface area (Å²) in [4.78, 5) is 40.3. The first-order chi connectivity index (χ1) is 14.0. The number of hydrogen-bond donors (Lipinski definition) is 1. The first kappa shape index (κ1) is 18.1. The van der Waals surface area contributed by atoms with E-state index in [1.165, 1.54) is 4.90 Å². The molecular formula is C24H24N2O3. The smallest absolute Gasteiger partial charge is 0.255 e. The maximum Gasteiger partial charge on any atom is 0.255 e. The van der Waals surface area contributed by atoms with Gasteiger partial charge in [0, 0.05) is 11.3 Å². The monoisotopic (exact) mass is 388 g/mol. The summed E-state index contributed by atoms with van der Waals surface area (Å²) in [6.45, 7) is 3.90. The minimum atomic E-state index is -0.247. The Balaban J connectivity index is 1.42. The zero-order valence-corrected chi connectivity index (χ0v) is 16.6. The molecule has 2 bridgehead atoms. The van der Waals surface area contributed by atoms with Gasteiger partial charge in [-0.15, -0.1) is 0 Å². The van der Waals surface area contributed by atoms with Crippen molar-refractivity contribution in [1.82, 2.24) is 0 Å². The third kappa shape index (κ3) is 2.71. The summed E-state index contributed by atoms with van der Waals surface area (Å²) in [6.07, 6.45) is 3.12. The van der Waals surface area contributed by atoms with Crippen LogP contribution < -0.4 is 10.2 Å². The Morgan fingerprint density at radius 3 is 2.14 bits per heavy atom. The van der Waals surface area contributed by atoms with Gasteiger partial charge in [-0.2, -0.15) is 0 Å². The van der Waals surface area contributed by atoms with E-state index in [9.17, 15) is 14.4 Å². The van der Waals surface area contributed by atoms with Gasteiger partial charge in [-0.05, 0) is 74.3 Å². The van der Waals surface area contributed by atoms with Gasteiger partial charge in [0.2, 0.25) is 11.8 Å². The molecule has 148 valence electrons. The van der Waals surface area contributed by atoms with Crippen LogP contribution in [0.3, 0.4) is 0 Å². The Morgan fingerprint density at radius 2 is 1.52 bits per heavy atom. The average molecular weight is 388 g/mol. The quantitative estimate of drug-likeness (QED) is 0.806. The highest BCUT2D eigenvalue weighted by Crippen LogP contribution is 2.56. The normalized spacial score (nSPS) is 27.4. The lowest BCUT2D eigenvalue weighted by Crippen LogP contribution is -2.33. The lowest BCUT2D eigenvalue weighted by atomic mass is 9.81. The van der Waals surface area contributed by atoms with Crippen molar-refractivity contribution >= 4 is 29.1 Å². The number of carbonyl (C=O) groups is 3. The molecule has 0 unspecified atom stereocenters. The summed E-state index contributed by atoms with van der Waals surface area (Å²) in [5, 5.41) is 2.97. The highest BCUT2D eigenvalue weighted by atomic mass is 16.2. The van der Waals surface area contributed by atoms with Gasteiger partial charge < -0.3 is 5.32 Å². The molecule has 3 aliphatic rings. The second-order valence-corrected chi connectivity index (χ2v) is 8.67. The van der Waals surface area contributed by atoms with E-state index in [2.05, 4.69) is 5.32 Å². The fourth-order valence-electron chi connectivity index (χ4n) is 5.65. The highest BCUT2D eigenvalue weighted by molar-refractivity contribution is 6.23. The number of imide groups is 1. The van der Waals surface area contributed by atoms with Gasteiger partial charge in [0.25, 0.3) is 5.91 Å². The van der Waals surface area contributed by atoms with Gasteiger partial charge in [0.05, 0.1) is 17.5 Å². The van der Waals surface area contributed by atoms with Crippen LogP contribution in [0.15, 0.2) is 42.5 Å². The topological polar surface area (TPSA) is 66.5 Å². The number of carbonyl (C=O) groups excluding carboxylic acids is 3. The summed E-state index contributed by atoms with van der Waals surface area (Å²) in [5.74, 6) is -0.0340. The maximum absolute atomic E-state index is 13.1. The van der Waals surface area contributed by atoms with Crippen molar-refractivity contribution in [2.24, 2.45) is 23.7 Å². The highest BCUT2D eigenvalue weighted by Gasteiger charge is 2.61. The molecule has 5 heteroatoms. The Morgan fingerprint density at radius 1 is 0.931 bits per heavy atom. The van der Waals surface area contributed by atoms with Crippen LogP contribution in [-0.2, 0) is 9.59 Å². The minimum absolute atomic E-state index is 0.0838. The standard InChI is InChI=1S/C24H24N2O3/c1-13-5-3-6-14(2)21(13)25-22(27)17-7-4-8-18(12-17)26-23(28)19-15-9-10-16(11-15)20(19)24(26)29/h3-8,12,15-16,19-20H,9-11H2,1-2H3,(H,25,27)/t15-,16-,19+,20+/m0/s1. The first-order valence-corrected chi connectivity index (χ1v) is 10.3. The van der Waals surface area contributed by atoms with E-state index in [0.717, 1.165) is 36.1 Å². The average Bonchev–Trinajstić information content (AvgIpc) is 3.38. The van der Waals surface area contributed by atoms with Crippen LogP contribution >= 0.6 is 0 Å². The number of nitrogens with zero attached hydrogens (tertiary/aromatic N) is 1. The largest absolute Gasteiger partial charge is 0.322 e. The molecule has 2 aromatic carbocycles. The number of benzene rings is 2. The van der Waals surface area contributed by atoms with Gasteiger partial charge in [-0.3, -0.25) is 19.3 Å². The number of hydrogen-bond acceptors (Lipinski definition) is 3. The second kappa shape index (κ2) is 6.55. The van der Waals surface area contributed by atoms with Crippen LogP contribution in [0.5, 0.6) is 0 Å². The molecular weight excluding hydrogens is 364 g/mol. The number of aryl methyl sites for hydroxylation is 2. The zero-order valence-electron chi connectivity index (χ0n) is 16.6. The van der Waals surface area contributed by atoms with Crippen molar-refractivity contribution in [3.05, 3.63) is 59.2 Å². The molecule has 29 heavy (non-hydrogen) atoms. The second-order valence-electron chi connectivity index (χ2n) is 8.67. The minimum Gasteiger partial charge on any atom is -0.322 e. The van der Waals surface area contributed by atoms with Crippen LogP contribution in [0.4, 0.5) is 11.4 Å². The Bertz CT molecular complexity index is 996. The SMILES string of the molecule is Cc1cccc(C)c1NC(=O)c1cccc(N2C(=O)[C@@H]3[C@H]4CC[C@@H](C4)[C@H]3C2=O)c1. The number of rotatable bonds is 3. The van der Waals surface area contributed by atoms with E-state index in [4.69, 9.17) is 0 Å². The molecule has 0 aromatic heterocycles. The molecule has 2 saturated carbocycles. The van der Waals surface area contributed by atoms with Crippen molar-refractivity contribution in [2.75, 3.05) is 10.2 Å². The predicted octanol–water partition coefficient (Wildman–Crippen LogP) is 4.09. The summed E-state index contributed by atoms with van der Waals surface area (Å²) < 4.78 is 0. The number of para-hydroxylation sites is 1. The van der Waals surface area contributed by atoms with Crippen molar-refractivity contribution in [3.8, 4) is 0 Å². The summed E-state index contributed by atoms with van der Waals surface area (Å²) >= 11 is 0. The van der Waals surface area contributed by atoms with Crippen molar-refractivity contribution in [2.45, 2.75) is 33.1 Å². The number of nitrogens with one attached hydrogen (secondary N) is 1. The Hall–Kier alpha value is -2.95. The molecule has 1 aliphatic heterocycles. The van der Waals surface area contributed by atoms with Gasteiger partial charge in [0.15, 0.2) is 0 Å². The van der Waals surface area contributed by atoms with Gasteiger partial charge in [-0.1, -0.05) is 24.3 Å². The fraction of sp³-hybridized carbons (Fsp3) is 0.375. The molecule has 4 atom stereocenters. The van der Waals surface area contributed by atoms with E-state index in [0.29, 0.717) is 23.1 Å². The van der Waals surface area contributed by atoms with E-state index >= 15 is 0 Å². The molecule has 1 N–H and O–H groups in total. The lowest BCUT2D eigenvalue weighted by molar-refractivity contribution is -0.123. The van der Waals surface area contributed by atoms with Crippen LogP contribution in [0, 0.1) is 37.5 Å². The molecule has 1 saturated heterocycles. The number of anilines is 2. The van der Waals surface area contributed by atoms with E-state index in [1.54, 1.807) is 24.3 Å². The summed E-state index contributed by atoms with van der Waals surface area (Å²) in [5.41, 5.74) is 3.71. The Labute approximate surface area is 170 Å². The van der Waals surface area contributed by atoms with Crippen molar-refractivity contribution < 1.29 is 14.4 Å². The molecule has 2 aliphatic carbocycles. The molecule has 0 radical (unpaired) electrons. The van der Waals surface area contributed by atoms with Crippen LogP contribution in [0.25, 0.3) is 0 Å². The molecule has 1 heterocycles. The molecule has 0 spiro atoms. The summed E-state index contributed by atoms with van der Waals surface area (Å²) in [7, 11) is 0. The van der Waals surface area contributed by atoms with E-state index in [1.807, 2.05) is 32.0 Å². The van der Waals surface area contributed by atoms with Gasteiger partial charge in [-0.25, -0.2) is 0 Å². The molecule has 5 nitrogen and oxygen atoms in total. The van der Waals surface area contributed by atoms with Gasteiger partial charge in [0.1, 0.15) is 0 Å². The number of fused-ring (bicyclic) bond motifs is 5. The molecule has 3 fully saturated rings. The summed E-state index contributed by atoms with van der Waals surface area (Å²) in [6, 6.07) is 12.7. The third-order valence-corrected chi connectivity index (χ3v) is 7.01.